The first-order chi connectivity index (χ1) is 12.6. The average Bonchev–Trinajstić information content (AvgIpc) is 2.68. The van der Waals surface area contributed by atoms with Crippen LogP contribution < -0.4 is 9.64 Å². The predicted molar refractivity (Wildman–Crippen MR) is 97.1 cm³/mol. The lowest BCUT2D eigenvalue weighted by atomic mass is 10.1. The van der Waals surface area contributed by atoms with E-state index in [2.05, 4.69) is 9.97 Å². The summed E-state index contributed by atoms with van der Waals surface area (Å²) in [5.74, 6) is 0.216. The van der Waals surface area contributed by atoms with Crippen molar-refractivity contribution >= 4 is 11.6 Å². The van der Waals surface area contributed by atoms with Crippen LogP contribution in [0.3, 0.4) is 0 Å². The Morgan fingerprint density at radius 3 is 2.69 bits per heavy atom. The zero-order valence-electron chi connectivity index (χ0n) is 14.9. The lowest BCUT2D eigenvalue weighted by Crippen LogP contribution is -2.44. The van der Waals surface area contributed by atoms with Crippen molar-refractivity contribution in [1.82, 2.24) is 14.9 Å². The molecular weight excluding hydrogens is 330 g/mol. The van der Waals surface area contributed by atoms with E-state index in [1.54, 1.807) is 4.90 Å². The minimum Gasteiger partial charge on any atom is -0.470 e. The average molecular weight is 351 g/mol. The van der Waals surface area contributed by atoms with E-state index in [1.165, 1.54) is 12.4 Å². The molecule has 0 aliphatic carbocycles. The van der Waals surface area contributed by atoms with Crippen LogP contribution in [0.15, 0.2) is 36.7 Å². The van der Waals surface area contributed by atoms with Crippen LogP contribution in [0.25, 0.3) is 0 Å². The molecule has 1 aliphatic rings. The van der Waals surface area contributed by atoms with E-state index in [0.29, 0.717) is 18.7 Å². The second-order valence-corrected chi connectivity index (χ2v) is 6.40. The summed E-state index contributed by atoms with van der Waals surface area (Å²) in [6.07, 6.45) is 4.41. The number of carbonyl (C=O) groups excluding carboxylic acids is 1. The van der Waals surface area contributed by atoms with Crippen LogP contribution in [0.2, 0.25) is 0 Å². The fourth-order valence-corrected chi connectivity index (χ4v) is 2.95. The van der Waals surface area contributed by atoms with Gasteiger partial charge >= 0.3 is 0 Å². The van der Waals surface area contributed by atoms with E-state index in [-0.39, 0.29) is 23.6 Å². The molecule has 0 bridgehead atoms. The van der Waals surface area contributed by atoms with E-state index >= 15 is 0 Å². The highest BCUT2D eigenvalue weighted by molar-refractivity contribution is 5.94. The molecule has 26 heavy (non-hydrogen) atoms. The molecule has 0 radical (unpaired) electrons. The normalized spacial score (nSPS) is 16.7. The number of anilines is 1. The number of amides is 1. The van der Waals surface area contributed by atoms with Gasteiger partial charge in [-0.25, -0.2) is 9.97 Å². The predicted octanol–water partition coefficient (Wildman–Crippen LogP) is 2.10. The van der Waals surface area contributed by atoms with E-state index < -0.39 is 0 Å². The summed E-state index contributed by atoms with van der Waals surface area (Å²) in [4.78, 5) is 24.6. The third-order valence-corrected chi connectivity index (χ3v) is 4.34. The third kappa shape index (κ3) is 3.91. The van der Waals surface area contributed by atoms with Gasteiger partial charge in [-0.2, -0.15) is 5.26 Å². The quantitative estimate of drug-likeness (QED) is 0.839. The van der Waals surface area contributed by atoms with E-state index in [4.69, 9.17) is 10.00 Å². The summed E-state index contributed by atoms with van der Waals surface area (Å²) in [6.45, 7) is 1.16. The molecule has 0 spiro atoms. The molecule has 0 saturated carbocycles. The Labute approximate surface area is 152 Å². The number of ether oxygens (including phenoxy) is 1. The van der Waals surface area contributed by atoms with Gasteiger partial charge in [0.2, 0.25) is 5.69 Å². The molecule has 1 fully saturated rings. The fourth-order valence-electron chi connectivity index (χ4n) is 2.95. The van der Waals surface area contributed by atoms with Gasteiger partial charge in [-0.3, -0.25) is 4.79 Å². The number of likely N-dealkylation sites (tertiary alicyclic amines) is 1. The molecule has 2 heterocycles. The first-order valence-corrected chi connectivity index (χ1v) is 8.53. The van der Waals surface area contributed by atoms with Gasteiger partial charge in [-0.1, -0.05) is 0 Å². The zero-order chi connectivity index (χ0) is 18.5. The Balaban J connectivity index is 1.68. The van der Waals surface area contributed by atoms with E-state index in [9.17, 15) is 4.79 Å². The maximum absolute atomic E-state index is 12.8. The summed E-state index contributed by atoms with van der Waals surface area (Å²) in [5, 5.41) is 9.10. The summed E-state index contributed by atoms with van der Waals surface area (Å²) in [7, 11) is 3.93. The standard InChI is InChI=1S/C19H21N5O2/c1-23(2)15-7-5-14(6-8-15)19(25)24-11-3-4-16(13-24)26-18-17(12-20)21-9-10-22-18/h5-10,16H,3-4,11,13H2,1-2H3. The van der Waals surface area contributed by atoms with Crippen molar-refractivity contribution in [2.24, 2.45) is 0 Å². The van der Waals surface area contributed by atoms with Gasteiger partial charge in [0.15, 0.2) is 0 Å². The fraction of sp³-hybridized carbons (Fsp3) is 0.368. The van der Waals surface area contributed by atoms with Crippen LogP contribution >= 0.6 is 0 Å². The monoisotopic (exact) mass is 351 g/mol. The number of aromatic nitrogens is 2. The van der Waals surface area contributed by atoms with Crippen molar-refractivity contribution in [2.45, 2.75) is 18.9 Å². The second kappa shape index (κ2) is 7.83. The first-order valence-electron chi connectivity index (χ1n) is 8.53. The van der Waals surface area contributed by atoms with Crippen molar-refractivity contribution in [3.05, 3.63) is 47.9 Å². The van der Waals surface area contributed by atoms with Gasteiger partial charge in [0.05, 0.1) is 6.54 Å². The summed E-state index contributed by atoms with van der Waals surface area (Å²) in [6, 6.07) is 9.54. The first kappa shape index (κ1) is 17.7. The molecule has 7 nitrogen and oxygen atoms in total. The van der Waals surface area contributed by atoms with E-state index in [1.807, 2.05) is 49.3 Å². The van der Waals surface area contributed by atoms with Crippen LogP contribution in [0.5, 0.6) is 5.88 Å². The van der Waals surface area contributed by atoms with Crippen LogP contribution in [0.4, 0.5) is 5.69 Å². The van der Waals surface area contributed by atoms with Crippen molar-refractivity contribution in [3.63, 3.8) is 0 Å². The number of hydrogen-bond donors (Lipinski definition) is 0. The van der Waals surface area contributed by atoms with Crippen molar-refractivity contribution in [1.29, 1.82) is 5.26 Å². The van der Waals surface area contributed by atoms with Gasteiger partial charge in [0, 0.05) is 44.3 Å². The second-order valence-electron chi connectivity index (χ2n) is 6.40. The largest absolute Gasteiger partial charge is 0.470 e. The molecule has 1 saturated heterocycles. The Morgan fingerprint density at radius 1 is 1.27 bits per heavy atom. The number of nitrogens with zero attached hydrogens (tertiary/aromatic N) is 5. The lowest BCUT2D eigenvalue weighted by molar-refractivity contribution is 0.0526. The number of piperidine rings is 1. The SMILES string of the molecule is CN(C)c1ccc(C(=O)N2CCCC(Oc3nccnc3C#N)C2)cc1. The van der Waals surface area contributed by atoms with Gasteiger partial charge in [0.1, 0.15) is 12.2 Å². The number of nitriles is 1. The molecule has 1 unspecified atom stereocenters. The number of carbonyl (C=O) groups is 1. The Hall–Kier alpha value is -3.14. The molecule has 1 aromatic heterocycles. The molecule has 1 atom stereocenters. The molecule has 1 amide bonds. The van der Waals surface area contributed by atoms with Crippen LogP contribution in [0, 0.1) is 11.3 Å². The molecule has 3 rings (SSSR count). The zero-order valence-corrected chi connectivity index (χ0v) is 14.9. The van der Waals surface area contributed by atoms with Crippen molar-refractivity contribution in [3.8, 4) is 11.9 Å². The molecular formula is C19H21N5O2. The topological polar surface area (TPSA) is 82.3 Å². The number of benzene rings is 1. The molecule has 0 N–H and O–H groups in total. The highest BCUT2D eigenvalue weighted by Crippen LogP contribution is 2.21. The van der Waals surface area contributed by atoms with Crippen molar-refractivity contribution in [2.75, 3.05) is 32.1 Å². The van der Waals surface area contributed by atoms with Crippen LogP contribution in [-0.2, 0) is 0 Å². The minimum atomic E-state index is -0.197. The van der Waals surface area contributed by atoms with Crippen LogP contribution in [0.1, 0.15) is 28.9 Å². The Morgan fingerprint density at radius 2 is 2.00 bits per heavy atom. The van der Waals surface area contributed by atoms with Gasteiger partial charge in [0.25, 0.3) is 11.8 Å². The molecule has 1 aliphatic heterocycles. The van der Waals surface area contributed by atoms with Gasteiger partial charge in [-0.15, -0.1) is 0 Å². The Bertz CT molecular complexity index is 813. The van der Waals surface area contributed by atoms with Gasteiger partial charge < -0.3 is 14.5 Å². The van der Waals surface area contributed by atoms with Gasteiger partial charge in [-0.05, 0) is 37.1 Å². The maximum Gasteiger partial charge on any atom is 0.253 e. The van der Waals surface area contributed by atoms with E-state index in [0.717, 1.165) is 18.5 Å². The minimum absolute atomic E-state index is 0.0109. The molecule has 7 heteroatoms. The smallest absolute Gasteiger partial charge is 0.253 e. The third-order valence-electron chi connectivity index (χ3n) is 4.34. The summed E-state index contributed by atoms with van der Waals surface area (Å²) >= 11 is 0. The van der Waals surface area contributed by atoms with Crippen molar-refractivity contribution < 1.29 is 9.53 Å². The molecule has 134 valence electrons. The summed E-state index contributed by atoms with van der Waals surface area (Å²) in [5.41, 5.74) is 1.87. The lowest BCUT2D eigenvalue weighted by Gasteiger charge is -2.32. The summed E-state index contributed by atoms with van der Waals surface area (Å²) < 4.78 is 5.85. The molecule has 2 aromatic rings. The maximum atomic E-state index is 12.8. The highest BCUT2D eigenvalue weighted by atomic mass is 16.5. The molecule has 1 aromatic carbocycles. The number of rotatable bonds is 4. The van der Waals surface area contributed by atoms with Crippen LogP contribution in [-0.4, -0.2) is 54.1 Å². The Kier molecular flexibility index (Phi) is 5.32. The number of hydrogen-bond acceptors (Lipinski definition) is 6. The highest BCUT2D eigenvalue weighted by Gasteiger charge is 2.26.